The third-order valence-electron chi connectivity index (χ3n) is 3.56. The molecule has 1 aromatic rings. The van der Waals surface area contributed by atoms with Crippen LogP contribution in [-0.2, 0) is 26.3 Å². The zero-order valence-electron chi connectivity index (χ0n) is 13.7. The monoisotopic (exact) mass is 328 g/mol. The third-order valence-corrected chi connectivity index (χ3v) is 5.62. The van der Waals surface area contributed by atoms with Crippen molar-refractivity contribution >= 4 is 16.2 Å². The molecule has 0 aliphatic heterocycles. The molecule has 22 heavy (non-hydrogen) atoms. The molecular formula is C15H24N2O4S. The number of hydrogen-bond donors (Lipinski definition) is 0. The van der Waals surface area contributed by atoms with Gasteiger partial charge in [0.1, 0.15) is 6.54 Å². The number of carbonyl (C=O) groups excluding carboxylic acids is 1. The van der Waals surface area contributed by atoms with Gasteiger partial charge in [0.25, 0.3) is 10.2 Å². The van der Waals surface area contributed by atoms with Crippen LogP contribution in [0.25, 0.3) is 0 Å². The van der Waals surface area contributed by atoms with Gasteiger partial charge in [-0.15, -0.1) is 0 Å². The van der Waals surface area contributed by atoms with Crippen LogP contribution >= 0.6 is 0 Å². The van der Waals surface area contributed by atoms with Crippen molar-refractivity contribution in [2.45, 2.75) is 33.4 Å². The molecule has 0 spiro atoms. The Morgan fingerprint density at radius 2 is 1.86 bits per heavy atom. The van der Waals surface area contributed by atoms with E-state index in [0.29, 0.717) is 0 Å². The number of ether oxygens (including phenoxy) is 1. The van der Waals surface area contributed by atoms with E-state index in [0.717, 1.165) is 15.4 Å². The summed E-state index contributed by atoms with van der Waals surface area (Å²) in [6.45, 7) is 5.28. The fourth-order valence-corrected chi connectivity index (χ4v) is 3.32. The molecule has 0 bridgehead atoms. The van der Waals surface area contributed by atoms with Crippen LogP contribution in [-0.4, -0.2) is 49.7 Å². The molecule has 0 atom stereocenters. The van der Waals surface area contributed by atoms with Crippen LogP contribution in [0.2, 0.25) is 0 Å². The largest absolute Gasteiger partial charge is 0.468 e. The number of benzene rings is 1. The summed E-state index contributed by atoms with van der Waals surface area (Å²) in [7, 11) is -1.01. The van der Waals surface area contributed by atoms with Crippen LogP contribution < -0.4 is 0 Å². The minimum atomic E-state index is -3.75. The summed E-state index contributed by atoms with van der Waals surface area (Å²) in [5, 5.41) is 0. The van der Waals surface area contributed by atoms with Gasteiger partial charge in [0.2, 0.25) is 0 Å². The summed E-state index contributed by atoms with van der Waals surface area (Å²) in [5.41, 5.74) is 1.83. The highest BCUT2D eigenvalue weighted by molar-refractivity contribution is 7.86. The van der Waals surface area contributed by atoms with Gasteiger partial charge in [-0.1, -0.05) is 24.3 Å². The first-order chi connectivity index (χ1) is 10.2. The molecule has 0 saturated heterocycles. The van der Waals surface area contributed by atoms with E-state index in [-0.39, 0.29) is 19.1 Å². The number of hydrogen-bond acceptors (Lipinski definition) is 4. The Kier molecular flexibility index (Phi) is 6.52. The van der Waals surface area contributed by atoms with Gasteiger partial charge >= 0.3 is 5.97 Å². The lowest BCUT2D eigenvalue weighted by molar-refractivity contribution is -0.140. The number of rotatable bonds is 7. The summed E-state index contributed by atoms with van der Waals surface area (Å²) in [5.74, 6) is -0.589. The van der Waals surface area contributed by atoms with Crippen molar-refractivity contribution in [1.29, 1.82) is 0 Å². The quantitative estimate of drug-likeness (QED) is 0.712. The summed E-state index contributed by atoms with van der Waals surface area (Å²) in [6.07, 6.45) is 0. The summed E-state index contributed by atoms with van der Waals surface area (Å²) in [6, 6.07) is 7.28. The highest BCUT2D eigenvalue weighted by atomic mass is 32.2. The van der Waals surface area contributed by atoms with Crippen molar-refractivity contribution in [3.63, 3.8) is 0 Å². The van der Waals surface area contributed by atoms with Crippen LogP contribution in [0.15, 0.2) is 24.3 Å². The Labute approximate surface area is 132 Å². The van der Waals surface area contributed by atoms with Crippen LogP contribution in [0, 0.1) is 6.92 Å². The molecular weight excluding hydrogens is 304 g/mol. The Morgan fingerprint density at radius 3 is 2.36 bits per heavy atom. The Morgan fingerprint density at radius 1 is 1.27 bits per heavy atom. The number of aryl methyl sites for hydroxylation is 1. The number of esters is 1. The third kappa shape index (κ3) is 4.53. The van der Waals surface area contributed by atoms with Crippen molar-refractivity contribution in [3.05, 3.63) is 35.4 Å². The van der Waals surface area contributed by atoms with Crippen LogP contribution in [0.1, 0.15) is 25.0 Å². The Balaban J connectivity index is 3.14. The topological polar surface area (TPSA) is 66.9 Å². The van der Waals surface area contributed by atoms with Crippen molar-refractivity contribution in [3.8, 4) is 0 Å². The molecule has 1 aromatic carbocycles. The predicted octanol–water partition coefficient (Wildman–Crippen LogP) is 1.56. The molecule has 0 heterocycles. The van der Waals surface area contributed by atoms with E-state index >= 15 is 0 Å². The van der Waals surface area contributed by atoms with E-state index in [1.54, 1.807) is 13.8 Å². The molecule has 6 nitrogen and oxygen atoms in total. The van der Waals surface area contributed by atoms with E-state index in [1.165, 1.54) is 18.5 Å². The standard InChI is InChI=1S/C15H24N2O4S/c1-12(2)16(4)22(19,20)17(11-15(18)21-5)10-14-9-7-6-8-13(14)3/h6-9,12H,10-11H2,1-5H3. The average Bonchev–Trinajstić information content (AvgIpc) is 2.47. The van der Waals surface area contributed by atoms with Gasteiger partial charge in [-0.25, -0.2) is 0 Å². The maximum absolute atomic E-state index is 12.7. The minimum Gasteiger partial charge on any atom is -0.468 e. The molecule has 0 radical (unpaired) electrons. The second-order valence-electron chi connectivity index (χ2n) is 5.39. The van der Waals surface area contributed by atoms with E-state index in [2.05, 4.69) is 4.74 Å². The van der Waals surface area contributed by atoms with Crippen LogP contribution in [0.4, 0.5) is 0 Å². The minimum absolute atomic E-state index is 0.126. The Bertz CT molecular complexity index is 614. The van der Waals surface area contributed by atoms with E-state index in [1.807, 2.05) is 31.2 Å². The van der Waals surface area contributed by atoms with E-state index in [4.69, 9.17) is 0 Å². The van der Waals surface area contributed by atoms with Gasteiger partial charge in [-0.05, 0) is 31.9 Å². The smallest absolute Gasteiger partial charge is 0.321 e. The molecule has 0 saturated carbocycles. The molecule has 0 fully saturated rings. The van der Waals surface area contributed by atoms with Gasteiger partial charge in [0, 0.05) is 19.6 Å². The lowest BCUT2D eigenvalue weighted by Crippen LogP contribution is -2.46. The molecule has 0 N–H and O–H groups in total. The molecule has 1 rings (SSSR count). The fraction of sp³-hybridized carbons (Fsp3) is 0.533. The number of carbonyl (C=O) groups is 1. The van der Waals surface area contributed by atoms with E-state index < -0.39 is 16.2 Å². The van der Waals surface area contributed by atoms with Gasteiger partial charge < -0.3 is 4.74 Å². The first-order valence-electron chi connectivity index (χ1n) is 7.04. The molecule has 124 valence electrons. The maximum atomic E-state index is 12.7. The zero-order chi connectivity index (χ0) is 16.9. The first kappa shape index (κ1) is 18.6. The van der Waals surface area contributed by atoms with Gasteiger partial charge in [-0.2, -0.15) is 17.0 Å². The number of nitrogens with zero attached hydrogens (tertiary/aromatic N) is 2. The van der Waals surface area contributed by atoms with Crippen molar-refractivity contribution < 1.29 is 17.9 Å². The van der Waals surface area contributed by atoms with Crippen molar-refractivity contribution in [1.82, 2.24) is 8.61 Å². The lowest BCUT2D eigenvalue weighted by atomic mass is 10.1. The first-order valence-corrected chi connectivity index (χ1v) is 8.44. The molecule has 0 amide bonds. The predicted molar refractivity (Wildman–Crippen MR) is 85.4 cm³/mol. The summed E-state index contributed by atoms with van der Waals surface area (Å²) in [4.78, 5) is 11.6. The summed E-state index contributed by atoms with van der Waals surface area (Å²) < 4.78 is 32.4. The van der Waals surface area contributed by atoms with Crippen molar-refractivity contribution in [2.24, 2.45) is 0 Å². The summed E-state index contributed by atoms with van der Waals surface area (Å²) >= 11 is 0. The highest BCUT2D eigenvalue weighted by Gasteiger charge is 2.31. The van der Waals surface area contributed by atoms with Gasteiger partial charge in [-0.3, -0.25) is 4.79 Å². The fourth-order valence-electron chi connectivity index (χ4n) is 1.85. The second kappa shape index (κ2) is 7.71. The average molecular weight is 328 g/mol. The van der Waals surface area contributed by atoms with Crippen LogP contribution in [0.3, 0.4) is 0 Å². The highest BCUT2D eigenvalue weighted by Crippen LogP contribution is 2.17. The maximum Gasteiger partial charge on any atom is 0.321 e. The Hall–Kier alpha value is -1.44. The van der Waals surface area contributed by atoms with Gasteiger partial charge in [0.15, 0.2) is 0 Å². The molecule has 0 aliphatic rings. The number of methoxy groups -OCH3 is 1. The lowest BCUT2D eigenvalue weighted by Gasteiger charge is -2.29. The molecule has 0 aromatic heterocycles. The van der Waals surface area contributed by atoms with Crippen molar-refractivity contribution in [2.75, 3.05) is 20.7 Å². The zero-order valence-corrected chi connectivity index (χ0v) is 14.6. The van der Waals surface area contributed by atoms with Gasteiger partial charge in [0.05, 0.1) is 7.11 Å². The second-order valence-corrected chi connectivity index (χ2v) is 7.38. The molecule has 0 unspecified atom stereocenters. The van der Waals surface area contributed by atoms with Crippen LogP contribution in [0.5, 0.6) is 0 Å². The SMILES string of the molecule is COC(=O)CN(Cc1ccccc1C)S(=O)(=O)N(C)C(C)C. The van der Waals surface area contributed by atoms with E-state index in [9.17, 15) is 13.2 Å². The normalized spacial score (nSPS) is 12.2. The molecule has 0 aliphatic carbocycles. The molecule has 7 heteroatoms.